The van der Waals surface area contributed by atoms with Crippen LogP contribution >= 0.6 is 11.3 Å². The zero-order chi connectivity index (χ0) is 12.4. The first kappa shape index (κ1) is 12.1. The van der Waals surface area contributed by atoms with Crippen LogP contribution in [0.5, 0.6) is 0 Å². The fourth-order valence-electron chi connectivity index (χ4n) is 2.05. The Kier molecular flexibility index (Phi) is 3.43. The summed E-state index contributed by atoms with van der Waals surface area (Å²) in [5.74, 6) is 0. The Morgan fingerprint density at radius 3 is 2.47 bits per heavy atom. The molecule has 0 amide bonds. The lowest BCUT2D eigenvalue weighted by molar-refractivity contribution is -0.645. The molecule has 0 spiro atoms. The SMILES string of the molecule is CC.Cc1sc2ccc3ccccc3c2[n+]1C. The number of aromatic nitrogens is 1. The third-order valence-electron chi connectivity index (χ3n) is 2.93. The summed E-state index contributed by atoms with van der Waals surface area (Å²) >= 11 is 1.86. The zero-order valence-corrected chi connectivity index (χ0v) is 11.6. The first-order valence-electron chi connectivity index (χ1n) is 6.04. The number of rotatable bonds is 0. The van der Waals surface area contributed by atoms with E-state index in [-0.39, 0.29) is 0 Å². The van der Waals surface area contributed by atoms with Crippen molar-refractivity contribution in [2.45, 2.75) is 20.8 Å². The summed E-state index contributed by atoms with van der Waals surface area (Å²) in [6.07, 6.45) is 0. The maximum absolute atomic E-state index is 2.28. The second-order valence-corrected chi connectivity index (χ2v) is 5.05. The Balaban J connectivity index is 0.000000514. The van der Waals surface area contributed by atoms with Crippen LogP contribution in [-0.4, -0.2) is 0 Å². The molecule has 0 unspecified atom stereocenters. The van der Waals surface area contributed by atoms with Gasteiger partial charge in [0, 0.05) is 6.92 Å². The van der Waals surface area contributed by atoms with Crippen LogP contribution < -0.4 is 4.57 Å². The van der Waals surface area contributed by atoms with E-state index < -0.39 is 0 Å². The van der Waals surface area contributed by atoms with Crippen molar-refractivity contribution in [2.75, 3.05) is 0 Å². The van der Waals surface area contributed by atoms with E-state index in [1.807, 2.05) is 25.2 Å². The molecule has 1 heterocycles. The van der Waals surface area contributed by atoms with Gasteiger partial charge in [-0.05, 0) is 17.5 Å². The monoisotopic (exact) mass is 244 g/mol. The fraction of sp³-hybridized carbons (Fsp3) is 0.267. The molecule has 0 atom stereocenters. The maximum atomic E-state index is 2.28. The van der Waals surface area contributed by atoms with E-state index in [1.54, 1.807) is 0 Å². The van der Waals surface area contributed by atoms with Crippen molar-refractivity contribution >= 4 is 32.3 Å². The van der Waals surface area contributed by atoms with Crippen molar-refractivity contribution in [3.05, 3.63) is 41.4 Å². The molecule has 1 aromatic heterocycles. The summed E-state index contributed by atoms with van der Waals surface area (Å²) in [4.78, 5) is 0. The van der Waals surface area contributed by atoms with Crippen molar-refractivity contribution in [1.29, 1.82) is 0 Å². The lowest BCUT2D eigenvalue weighted by Crippen LogP contribution is -2.28. The van der Waals surface area contributed by atoms with Crippen molar-refractivity contribution in [2.24, 2.45) is 7.05 Å². The molecule has 0 aliphatic heterocycles. The minimum absolute atomic E-state index is 1.32. The number of fused-ring (bicyclic) bond motifs is 3. The van der Waals surface area contributed by atoms with Crippen molar-refractivity contribution in [3.63, 3.8) is 0 Å². The van der Waals surface area contributed by atoms with Gasteiger partial charge < -0.3 is 0 Å². The first-order chi connectivity index (χ1) is 8.27. The van der Waals surface area contributed by atoms with E-state index >= 15 is 0 Å². The Hall–Kier alpha value is -1.41. The van der Waals surface area contributed by atoms with Gasteiger partial charge in [0.2, 0.25) is 10.5 Å². The lowest BCUT2D eigenvalue weighted by Gasteiger charge is -1.95. The lowest BCUT2D eigenvalue weighted by atomic mass is 10.1. The molecule has 0 bridgehead atoms. The zero-order valence-electron chi connectivity index (χ0n) is 10.8. The average molecular weight is 244 g/mol. The van der Waals surface area contributed by atoms with Gasteiger partial charge in [-0.25, -0.2) is 0 Å². The smallest absolute Gasteiger partial charge is 0.188 e. The Labute approximate surface area is 106 Å². The van der Waals surface area contributed by atoms with E-state index in [0.717, 1.165) is 0 Å². The van der Waals surface area contributed by atoms with Crippen LogP contribution in [-0.2, 0) is 7.05 Å². The van der Waals surface area contributed by atoms with Crippen LogP contribution in [0, 0.1) is 6.92 Å². The second kappa shape index (κ2) is 4.84. The van der Waals surface area contributed by atoms with Crippen molar-refractivity contribution in [1.82, 2.24) is 0 Å². The molecule has 0 fully saturated rings. The molecule has 3 aromatic rings. The van der Waals surface area contributed by atoms with Crippen LogP contribution in [0.1, 0.15) is 18.9 Å². The molecule has 0 saturated carbocycles. The van der Waals surface area contributed by atoms with Gasteiger partial charge in [-0.15, -0.1) is 0 Å². The van der Waals surface area contributed by atoms with E-state index in [2.05, 4.69) is 54.9 Å². The van der Waals surface area contributed by atoms with Gasteiger partial charge >= 0.3 is 0 Å². The summed E-state index contributed by atoms with van der Waals surface area (Å²) in [5.41, 5.74) is 1.36. The molecule has 2 aromatic carbocycles. The Bertz CT molecular complexity index is 652. The minimum Gasteiger partial charge on any atom is -0.188 e. The quantitative estimate of drug-likeness (QED) is 0.521. The summed E-state index contributed by atoms with van der Waals surface area (Å²) in [6, 6.07) is 13.0. The normalized spacial score (nSPS) is 10.4. The van der Waals surface area contributed by atoms with Crippen LogP contribution in [0.3, 0.4) is 0 Å². The highest BCUT2D eigenvalue weighted by atomic mass is 32.1. The van der Waals surface area contributed by atoms with Gasteiger partial charge in [0.15, 0.2) is 0 Å². The van der Waals surface area contributed by atoms with Gasteiger partial charge in [0.25, 0.3) is 0 Å². The molecule has 0 saturated heterocycles. The van der Waals surface area contributed by atoms with Gasteiger partial charge in [-0.1, -0.05) is 49.4 Å². The second-order valence-electron chi connectivity index (χ2n) is 3.81. The third kappa shape index (κ3) is 1.93. The van der Waals surface area contributed by atoms with E-state index in [4.69, 9.17) is 0 Å². The van der Waals surface area contributed by atoms with Gasteiger partial charge in [0.1, 0.15) is 11.7 Å². The van der Waals surface area contributed by atoms with Crippen molar-refractivity contribution < 1.29 is 4.57 Å². The van der Waals surface area contributed by atoms with Gasteiger partial charge in [0.05, 0.1) is 5.39 Å². The number of aryl methyl sites for hydroxylation is 2. The number of nitrogens with zero attached hydrogens (tertiary/aromatic N) is 1. The largest absolute Gasteiger partial charge is 0.234 e. The van der Waals surface area contributed by atoms with Crippen LogP contribution in [0.15, 0.2) is 36.4 Å². The molecule has 3 rings (SSSR count). The maximum Gasteiger partial charge on any atom is 0.234 e. The fourth-order valence-corrected chi connectivity index (χ4v) is 3.07. The molecule has 1 nitrogen and oxygen atoms in total. The van der Waals surface area contributed by atoms with Gasteiger partial charge in [-0.3, -0.25) is 0 Å². The number of hydrogen-bond acceptors (Lipinski definition) is 1. The minimum atomic E-state index is 1.32. The highest BCUT2D eigenvalue weighted by Crippen LogP contribution is 2.27. The van der Waals surface area contributed by atoms with E-state index in [0.29, 0.717) is 0 Å². The molecule has 17 heavy (non-hydrogen) atoms. The topological polar surface area (TPSA) is 3.88 Å². The molecule has 0 aliphatic carbocycles. The molecular weight excluding hydrogens is 226 g/mol. The first-order valence-corrected chi connectivity index (χ1v) is 6.86. The predicted molar refractivity (Wildman–Crippen MR) is 76.6 cm³/mol. The molecule has 0 N–H and O–H groups in total. The summed E-state index contributed by atoms with van der Waals surface area (Å²) in [7, 11) is 2.14. The van der Waals surface area contributed by atoms with Crippen molar-refractivity contribution in [3.8, 4) is 0 Å². The van der Waals surface area contributed by atoms with Gasteiger partial charge in [-0.2, -0.15) is 4.57 Å². The molecule has 2 heteroatoms. The number of hydrogen-bond donors (Lipinski definition) is 0. The highest BCUT2D eigenvalue weighted by molar-refractivity contribution is 7.18. The van der Waals surface area contributed by atoms with Crippen LogP contribution in [0.25, 0.3) is 21.0 Å². The van der Waals surface area contributed by atoms with Crippen LogP contribution in [0.2, 0.25) is 0 Å². The molecule has 88 valence electrons. The Morgan fingerprint density at radius 1 is 1.00 bits per heavy atom. The summed E-state index contributed by atoms with van der Waals surface area (Å²) in [6.45, 7) is 6.17. The highest BCUT2D eigenvalue weighted by Gasteiger charge is 2.15. The van der Waals surface area contributed by atoms with E-state index in [1.165, 1.54) is 26.0 Å². The molecule has 0 radical (unpaired) electrons. The Morgan fingerprint density at radius 2 is 1.71 bits per heavy atom. The van der Waals surface area contributed by atoms with Crippen LogP contribution in [0.4, 0.5) is 0 Å². The summed E-state index contributed by atoms with van der Waals surface area (Å²) < 4.78 is 3.65. The molecule has 0 aliphatic rings. The summed E-state index contributed by atoms with van der Waals surface area (Å²) in [5, 5.41) is 4.02. The number of thiazole rings is 1. The average Bonchev–Trinajstić information content (AvgIpc) is 2.68. The molecular formula is C15H18NS+. The van der Waals surface area contributed by atoms with E-state index in [9.17, 15) is 0 Å². The standard InChI is InChI=1S/C13H12NS.C2H6/c1-9-14(2)13-11-6-4-3-5-10(11)7-8-12(13)15-9;1-2/h3-8H,1-2H3;1-2H3/q+1;. The number of benzene rings is 2. The third-order valence-corrected chi connectivity index (χ3v) is 4.05. The predicted octanol–water partition coefficient (Wildman–Crippen LogP) is 4.21.